The van der Waals surface area contributed by atoms with Gasteiger partial charge in [-0.05, 0) is 38.1 Å². The quantitative estimate of drug-likeness (QED) is 0.938. The number of benzene rings is 1. The van der Waals surface area contributed by atoms with E-state index >= 15 is 0 Å². The molecule has 0 spiro atoms. The predicted molar refractivity (Wildman–Crippen MR) is 68.6 cm³/mol. The molecule has 4 nitrogen and oxygen atoms in total. The van der Waals surface area contributed by atoms with Gasteiger partial charge in [-0.25, -0.2) is 17.5 Å². The highest BCUT2D eigenvalue weighted by molar-refractivity contribution is 7.89. The van der Waals surface area contributed by atoms with Crippen LogP contribution in [0.1, 0.15) is 17.1 Å². The zero-order chi connectivity index (χ0) is 14.0. The normalized spacial score (nSPS) is 11.7. The second-order valence-electron chi connectivity index (χ2n) is 4.22. The molecule has 2 aromatic rings. The first-order valence-electron chi connectivity index (χ1n) is 5.69. The molecule has 0 aliphatic carbocycles. The van der Waals surface area contributed by atoms with Gasteiger partial charge in [-0.1, -0.05) is 6.07 Å². The van der Waals surface area contributed by atoms with Gasteiger partial charge in [0.1, 0.15) is 17.3 Å². The average Bonchev–Trinajstić information content (AvgIpc) is 2.65. The molecule has 0 fully saturated rings. The topological polar surface area (TPSA) is 59.3 Å². The summed E-state index contributed by atoms with van der Waals surface area (Å²) in [7, 11) is -3.72. The first-order chi connectivity index (χ1) is 8.88. The summed E-state index contributed by atoms with van der Waals surface area (Å²) in [5, 5.41) is 0. The molecule has 1 aromatic heterocycles. The summed E-state index contributed by atoms with van der Waals surface area (Å²) in [5.41, 5.74) is 0.762. The largest absolute Gasteiger partial charge is 0.466 e. The van der Waals surface area contributed by atoms with Gasteiger partial charge in [-0.2, -0.15) is 0 Å². The van der Waals surface area contributed by atoms with E-state index in [1.807, 2.05) is 0 Å². The van der Waals surface area contributed by atoms with Crippen molar-refractivity contribution in [2.45, 2.75) is 25.3 Å². The molecule has 0 amide bonds. The van der Waals surface area contributed by atoms with Gasteiger partial charge in [0, 0.05) is 12.1 Å². The van der Waals surface area contributed by atoms with Crippen LogP contribution < -0.4 is 4.72 Å². The minimum Gasteiger partial charge on any atom is -0.466 e. The van der Waals surface area contributed by atoms with E-state index in [9.17, 15) is 12.8 Å². The van der Waals surface area contributed by atoms with E-state index < -0.39 is 15.8 Å². The number of furan rings is 1. The molecule has 1 N–H and O–H groups in total. The van der Waals surface area contributed by atoms with Crippen molar-refractivity contribution in [2.24, 2.45) is 0 Å². The van der Waals surface area contributed by atoms with Crippen LogP contribution in [0.4, 0.5) is 4.39 Å². The number of hydrogen-bond donors (Lipinski definition) is 1. The minimum absolute atomic E-state index is 0.0923. The van der Waals surface area contributed by atoms with Gasteiger partial charge < -0.3 is 4.42 Å². The van der Waals surface area contributed by atoms with Crippen molar-refractivity contribution in [1.29, 1.82) is 0 Å². The fraction of sp³-hybridized carbons (Fsp3) is 0.231. The van der Waals surface area contributed by atoms with Crippen LogP contribution >= 0.6 is 0 Å². The summed E-state index contributed by atoms with van der Waals surface area (Å²) in [5.74, 6) is 0.801. The molecular weight excluding hydrogens is 269 g/mol. The van der Waals surface area contributed by atoms with E-state index in [0.717, 1.165) is 17.4 Å². The van der Waals surface area contributed by atoms with E-state index in [-0.39, 0.29) is 11.4 Å². The number of nitrogens with one attached hydrogen (secondary N) is 1. The zero-order valence-corrected chi connectivity index (χ0v) is 11.4. The Bertz CT molecular complexity index is 692. The Morgan fingerprint density at radius 2 is 2.00 bits per heavy atom. The van der Waals surface area contributed by atoms with Gasteiger partial charge in [-0.3, -0.25) is 0 Å². The van der Waals surface area contributed by atoms with Gasteiger partial charge in [0.2, 0.25) is 10.0 Å². The van der Waals surface area contributed by atoms with Crippen molar-refractivity contribution in [2.75, 3.05) is 0 Å². The number of sulfonamides is 1. The summed E-state index contributed by atoms with van der Waals surface area (Å²) in [4.78, 5) is -0.0923. The van der Waals surface area contributed by atoms with Crippen LogP contribution in [0.3, 0.4) is 0 Å². The Kier molecular flexibility index (Phi) is 3.73. The lowest BCUT2D eigenvalue weighted by Gasteiger charge is -2.06. The second kappa shape index (κ2) is 5.14. The number of aryl methyl sites for hydroxylation is 2. The Labute approximate surface area is 111 Å². The Balaban J connectivity index is 2.16. The van der Waals surface area contributed by atoms with Crippen LogP contribution in [-0.2, 0) is 16.6 Å². The van der Waals surface area contributed by atoms with Crippen molar-refractivity contribution in [3.05, 3.63) is 53.2 Å². The molecule has 19 heavy (non-hydrogen) atoms. The molecule has 0 unspecified atom stereocenters. The average molecular weight is 283 g/mol. The van der Waals surface area contributed by atoms with Gasteiger partial charge in [0.05, 0.1) is 4.90 Å². The molecular formula is C13H14FNO3S. The van der Waals surface area contributed by atoms with E-state index in [4.69, 9.17) is 4.42 Å². The second-order valence-corrected chi connectivity index (χ2v) is 5.99. The van der Waals surface area contributed by atoms with Crippen LogP contribution in [0.5, 0.6) is 0 Å². The van der Waals surface area contributed by atoms with E-state index in [2.05, 4.69) is 4.72 Å². The summed E-state index contributed by atoms with van der Waals surface area (Å²) in [6.45, 7) is 3.67. The molecule has 1 aromatic carbocycles. The molecule has 1 heterocycles. The number of rotatable bonds is 4. The molecule has 6 heteroatoms. The van der Waals surface area contributed by atoms with Crippen molar-refractivity contribution in [3.8, 4) is 0 Å². The number of halogens is 1. The lowest BCUT2D eigenvalue weighted by atomic mass is 10.2. The molecule has 0 radical (unpaired) electrons. The van der Waals surface area contributed by atoms with E-state index in [0.29, 0.717) is 5.76 Å². The third-order valence-electron chi connectivity index (χ3n) is 2.70. The first kappa shape index (κ1) is 13.8. The molecule has 102 valence electrons. The molecule has 0 saturated carbocycles. The van der Waals surface area contributed by atoms with Crippen LogP contribution in [-0.4, -0.2) is 8.42 Å². The highest BCUT2D eigenvalue weighted by atomic mass is 32.2. The van der Waals surface area contributed by atoms with Crippen molar-refractivity contribution < 1.29 is 17.2 Å². The molecule has 0 aliphatic heterocycles. The lowest BCUT2D eigenvalue weighted by molar-refractivity contribution is 0.500. The highest BCUT2D eigenvalue weighted by Crippen LogP contribution is 2.15. The van der Waals surface area contributed by atoms with Crippen molar-refractivity contribution in [1.82, 2.24) is 4.72 Å². The smallest absolute Gasteiger partial charge is 0.240 e. The summed E-state index contributed by atoms with van der Waals surface area (Å²) >= 11 is 0. The third-order valence-corrected chi connectivity index (χ3v) is 4.10. The fourth-order valence-corrected chi connectivity index (χ4v) is 2.79. The monoisotopic (exact) mass is 283 g/mol. The SMILES string of the molecule is Cc1cc(CNS(=O)(=O)c2cccc(F)c2)c(C)o1. The predicted octanol–water partition coefficient (Wildman–Crippen LogP) is 2.51. The van der Waals surface area contributed by atoms with Crippen LogP contribution in [0.2, 0.25) is 0 Å². The number of hydrogen-bond acceptors (Lipinski definition) is 3. The van der Waals surface area contributed by atoms with E-state index in [1.54, 1.807) is 19.9 Å². The lowest BCUT2D eigenvalue weighted by Crippen LogP contribution is -2.23. The van der Waals surface area contributed by atoms with Crippen molar-refractivity contribution in [3.63, 3.8) is 0 Å². The van der Waals surface area contributed by atoms with Gasteiger partial charge in [-0.15, -0.1) is 0 Å². The Hall–Kier alpha value is -1.66. The van der Waals surface area contributed by atoms with Gasteiger partial charge in [0.15, 0.2) is 0 Å². The maximum Gasteiger partial charge on any atom is 0.240 e. The molecule has 0 bridgehead atoms. The minimum atomic E-state index is -3.72. The van der Waals surface area contributed by atoms with Crippen LogP contribution in [0.15, 0.2) is 39.6 Å². The van der Waals surface area contributed by atoms with Crippen LogP contribution in [0, 0.1) is 19.7 Å². The molecule has 2 rings (SSSR count). The standard InChI is InChI=1S/C13H14FNO3S/c1-9-6-11(10(2)18-9)8-15-19(16,17)13-5-3-4-12(14)7-13/h3-7,15H,8H2,1-2H3. The first-order valence-corrected chi connectivity index (χ1v) is 7.18. The molecule has 0 aliphatic rings. The maximum atomic E-state index is 13.0. The highest BCUT2D eigenvalue weighted by Gasteiger charge is 2.15. The Morgan fingerprint density at radius 3 is 2.58 bits per heavy atom. The third kappa shape index (κ3) is 3.21. The summed E-state index contributed by atoms with van der Waals surface area (Å²) in [6.07, 6.45) is 0. The summed E-state index contributed by atoms with van der Waals surface area (Å²) < 4.78 is 44.7. The fourth-order valence-electron chi connectivity index (χ4n) is 1.75. The van der Waals surface area contributed by atoms with Gasteiger partial charge in [0.25, 0.3) is 0 Å². The van der Waals surface area contributed by atoms with Gasteiger partial charge >= 0.3 is 0 Å². The van der Waals surface area contributed by atoms with Crippen molar-refractivity contribution >= 4 is 10.0 Å². The Morgan fingerprint density at radius 1 is 1.26 bits per heavy atom. The molecule has 0 atom stereocenters. The maximum absolute atomic E-state index is 13.0. The molecule has 0 saturated heterocycles. The van der Waals surface area contributed by atoms with E-state index in [1.165, 1.54) is 18.2 Å². The summed E-state index contributed by atoms with van der Waals surface area (Å²) in [6, 6.07) is 6.65. The van der Waals surface area contributed by atoms with Crippen LogP contribution in [0.25, 0.3) is 0 Å². The zero-order valence-electron chi connectivity index (χ0n) is 10.6.